The highest BCUT2D eigenvalue weighted by Gasteiger charge is 2.45. The molecule has 2 saturated heterocycles. The van der Waals surface area contributed by atoms with Crippen LogP contribution in [-0.2, 0) is 16.0 Å². The fourth-order valence-corrected chi connectivity index (χ4v) is 4.70. The predicted octanol–water partition coefficient (Wildman–Crippen LogP) is 4.76. The van der Waals surface area contributed by atoms with Crippen molar-refractivity contribution in [3.8, 4) is 0 Å². The Bertz CT molecular complexity index is 761. The first-order chi connectivity index (χ1) is 12.6. The molecule has 3 nitrogen and oxygen atoms in total. The summed E-state index contributed by atoms with van der Waals surface area (Å²) >= 11 is 3.52. The molecule has 2 aliphatic heterocycles. The molecule has 0 amide bonds. The fraction of sp³-hybridized carbons (Fsp3) is 0.409. The maximum atomic E-state index is 12.7. The summed E-state index contributed by atoms with van der Waals surface area (Å²) in [7, 11) is 0. The minimum Gasteiger partial charge on any atom is -0.459 e. The maximum Gasteiger partial charge on any atom is 0.323 e. The highest BCUT2D eigenvalue weighted by molar-refractivity contribution is 9.10. The Kier molecular flexibility index (Phi) is 5.14. The number of carbonyl (C=O) groups excluding carboxylic acids is 1. The number of piperidine rings is 1. The van der Waals surface area contributed by atoms with E-state index in [0.717, 1.165) is 30.3 Å². The first-order valence-electron chi connectivity index (χ1n) is 9.37. The van der Waals surface area contributed by atoms with Crippen LogP contribution in [0.4, 0.5) is 0 Å². The van der Waals surface area contributed by atoms with E-state index >= 15 is 0 Å². The molecule has 0 saturated carbocycles. The highest BCUT2D eigenvalue weighted by atomic mass is 79.9. The van der Waals surface area contributed by atoms with Crippen molar-refractivity contribution in [1.82, 2.24) is 4.90 Å². The van der Waals surface area contributed by atoms with Gasteiger partial charge in [0.25, 0.3) is 0 Å². The lowest BCUT2D eigenvalue weighted by molar-refractivity contribution is -0.174. The smallest absolute Gasteiger partial charge is 0.323 e. The second kappa shape index (κ2) is 7.53. The fourth-order valence-electron chi connectivity index (χ4n) is 4.44. The van der Waals surface area contributed by atoms with Crippen molar-refractivity contribution in [3.63, 3.8) is 0 Å². The van der Waals surface area contributed by atoms with E-state index in [1.54, 1.807) is 0 Å². The van der Waals surface area contributed by atoms with Gasteiger partial charge in [-0.3, -0.25) is 9.69 Å². The number of ether oxygens (including phenoxy) is 1. The van der Waals surface area contributed by atoms with Crippen molar-refractivity contribution in [2.75, 3.05) is 6.54 Å². The molecule has 2 aliphatic rings. The first-order valence-corrected chi connectivity index (χ1v) is 10.2. The van der Waals surface area contributed by atoms with Crippen LogP contribution in [-0.4, -0.2) is 29.6 Å². The standard InChI is InChI=1S/C22H24BrNO2/c1-15-7-12-20-22(25)26-19(13-16-5-3-2-4-6-16)14-24(20)21(15)17-8-10-18(23)11-9-17/h2-6,8-11,15,19-21H,7,12-14H2,1H3. The number of benzene rings is 2. The quantitative estimate of drug-likeness (QED) is 0.679. The lowest BCUT2D eigenvalue weighted by atomic mass is 9.81. The summed E-state index contributed by atoms with van der Waals surface area (Å²) < 4.78 is 6.89. The summed E-state index contributed by atoms with van der Waals surface area (Å²) in [5.41, 5.74) is 2.51. The topological polar surface area (TPSA) is 29.5 Å². The number of carbonyl (C=O) groups is 1. The Labute approximate surface area is 163 Å². The molecule has 136 valence electrons. The molecule has 0 N–H and O–H groups in total. The summed E-state index contributed by atoms with van der Waals surface area (Å²) in [4.78, 5) is 15.1. The number of nitrogens with zero attached hydrogens (tertiary/aromatic N) is 1. The zero-order valence-electron chi connectivity index (χ0n) is 15.0. The Balaban J connectivity index is 1.59. The van der Waals surface area contributed by atoms with Crippen LogP contribution in [0.15, 0.2) is 59.1 Å². The molecule has 26 heavy (non-hydrogen) atoms. The summed E-state index contributed by atoms with van der Waals surface area (Å²) in [6, 6.07) is 19.0. The van der Waals surface area contributed by atoms with Gasteiger partial charge in [0.15, 0.2) is 0 Å². The monoisotopic (exact) mass is 413 g/mol. The van der Waals surface area contributed by atoms with E-state index < -0.39 is 0 Å². The second-order valence-electron chi connectivity index (χ2n) is 7.51. The van der Waals surface area contributed by atoms with E-state index in [1.165, 1.54) is 11.1 Å². The van der Waals surface area contributed by atoms with Crippen LogP contribution in [0.5, 0.6) is 0 Å². The van der Waals surface area contributed by atoms with Crippen molar-refractivity contribution in [1.29, 1.82) is 0 Å². The number of halogens is 1. The molecule has 0 spiro atoms. The van der Waals surface area contributed by atoms with Crippen LogP contribution in [0.3, 0.4) is 0 Å². The van der Waals surface area contributed by atoms with Crippen LogP contribution in [0.1, 0.15) is 36.9 Å². The number of rotatable bonds is 3. The number of cyclic esters (lactones) is 1. The molecular formula is C22H24BrNO2. The zero-order valence-corrected chi connectivity index (χ0v) is 16.6. The Morgan fingerprint density at radius 2 is 1.81 bits per heavy atom. The van der Waals surface area contributed by atoms with Gasteiger partial charge in [-0.2, -0.15) is 0 Å². The van der Waals surface area contributed by atoms with Gasteiger partial charge in [-0.15, -0.1) is 0 Å². The molecule has 4 heteroatoms. The normalized spacial score (nSPS) is 29.1. The maximum absolute atomic E-state index is 12.7. The van der Waals surface area contributed by atoms with E-state index in [9.17, 15) is 4.79 Å². The summed E-state index contributed by atoms with van der Waals surface area (Å²) in [5.74, 6) is 0.474. The summed E-state index contributed by atoms with van der Waals surface area (Å²) in [6.45, 7) is 3.10. The molecule has 0 radical (unpaired) electrons. The molecule has 4 rings (SSSR count). The molecule has 4 unspecified atom stereocenters. The third-order valence-corrected chi connectivity index (χ3v) is 6.21. The number of morpholine rings is 1. The van der Waals surface area contributed by atoms with E-state index in [-0.39, 0.29) is 24.2 Å². The van der Waals surface area contributed by atoms with E-state index in [1.807, 2.05) is 18.2 Å². The van der Waals surface area contributed by atoms with Gasteiger partial charge in [-0.1, -0.05) is 65.3 Å². The van der Waals surface area contributed by atoms with Crippen LogP contribution in [0.25, 0.3) is 0 Å². The number of hydrogen-bond donors (Lipinski definition) is 0. The number of fused-ring (bicyclic) bond motifs is 1. The van der Waals surface area contributed by atoms with Crippen molar-refractivity contribution in [3.05, 3.63) is 70.2 Å². The average Bonchev–Trinajstić information content (AvgIpc) is 2.63. The Morgan fingerprint density at radius 3 is 2.54 bits per heavy atom. The van der Waals surface area contributed by atoms with Crippen molar-refractivity contribution < 1.29 is 9.53 Å². The van der Waals surface area contributed by atoms with Crippen molar-refractivity contribution >= 4 is 21.9 Å². The molecule has 2 heterocycles. The molecule has 0 aromatic heterocycles. The molecule has 0 aliphatic carbocycles. The molecule has 2 aromatic carbocycles. The minimum absolute atomic E-state index is 0.0498. The van der Waals surface area contributed by atoms with Crippen molar-refractivity contribution in [2.24, 2.45) is 5.92 Å². The first kappa shape index (κ1) is 17.7. The molecule has 2 fully saturated rings. The van der Waals surface area contributed by atoms with Gasteiger partial charge >= 0.3 is 5.97 Å². The second-order valence-corrected chi connectivity index (χ2v) is 8.43. The molecular weight excluding hydrogens is 390 g/mol. The lowest BCUT2D eigenvalue weighted by Crippen LogP contribution is -2.57. The van der Waals surface area contributed by atoms with Crippen LogP contribution >= 0.6 is 15.9 Å². The van der Waals surface area contributed by atoms with Gasteiger partial charge < -0.3 is 4.74 Å². The van der Waals surface area contributed by atoms with E-state index in [4.69, 9.17) is 4.74 Å². The van der Waals surface area contributed by atoms with Gasteiger partial charge in [0, 0.05) is 23.5 Å². The SMILES string of the molecule is CC1CCC2C(=O)OC(Cc3ccccc3)CN2C1c1ccc(Br)cc1. The van der Waals surface area contributed by atoms with Gasteiger partial charge in [0.2, 0.25) is 0 Å². The Hall–Kier alpha value is -1.65. The van der Waals surface area contributed by atoms with E-state index in [2.05, 4.69) is 64.2 Å². The average molecular weight is 414 g/mol. The van der Waals surface area contributed by atoms with Crippen LogP contribution < -0.4 is 0 Å². The van der Waals surface area contributed by atoms with Crippen LogP contribution in [0.2, 0.25) is 0 Å². The van der Waals surface area contributed by atoms with Crippen molar-refractivity contribution in [2.45, 2.75) is 44.4 Å². The Morgan fingerprint density at radius 1 is 1.08 bits per heavy atom. The van der Waals surface area contributed by atoms with Gasteiger partial charge in [-0.25, -0.2) is 0 Å². The summed E-state index contributed by atoms with van der Waals surface area (Å²) in [6.07, 6.45) is 2.65. The van der Waals surface area contributed by atoms with E-state index in [0.29, 0.717) is 5.92 Å². The number of hydrogen-bond acceptors (Lipinski definition) is 3. The van der Waals surface area contributed by atoms with Gasteiger partial charge in [0.05, 0.1) is 0 Å². The van der Waals surface area contributed by atoms with Crippen LogP contribution in [0, 0.1) is 5.92 Å². The predicted molar refractivity (Wildman–Crippen MR) is 106 cm³/mol. The lowest BCUT2D eigenvalue weighted by Gasteiger charge is -2.48. The highest BCUT2D eigenvalue weighted by Crippen LogP contribution is 2.41. The molecule has 4 atom stereocenters. The van der Waals surface area contributed by atoms with Gasteiger partial charge in [0.1, 0.15) is 12.1 Å². The minimum atomic E-state index is -0.105. The number of esters is 1. The molecule has 0 bridgehead atoms. The third kappa shape index (κ3) is 3.58. The third-order valence-electron chi connectivity index (χ3n) is 5.68. The van der Waals surface area contributed by atoms with Gasteiger partial charge in [-0.05, 0) is 42.0 Å². The largest absolute Gasteiger partial charge is 0.459 e. The molecule has 2 aromatic rings. The zero-order chi connectivity index (χ0) is 18.1. The summed E-state index contributed by atoms with van der Waals surface area (Å²) in [5, 5.41) is 0.